The van der Waals surface area contributed by atoms with Gasteiger partial charge >= 0.3 is 0 Å². The van der Waals surface area contributed by atoms with E-state index in [0.717, 1.165) is 21.4 Å². The van der Waals surface area contributed by atoms with Crippen LogP contribution in [-0.2, 0) is 6.54 Å². The molecule has 0 radical (unpaired) electrons. The van der Waals surface area contributed by atoms with E-state index in [1.807, 2.05) is 24.3 Å². The van der Waals surface area contributed by atoms with Crippen molar-refractivity contribution in [1.82, 2.24) is 0 Å². The molecule has 0 heterocycles. The van der Waals surface area contributed by atoms with E-state index in [9.17, 15) is 8.78 Å². The van der Waals surface area contributed by atoms with Gasteiger partial charge in [-0.1, -0.05) is 0 Å². The van der Waals surface area contributed by atoms with Crippen LogP contribution < -0.4 is 5.32 Å². The Morgan fingerprint density at radius 3 is 2.21 bits per heavy atom. The van der Waals surface area contributed by atoms with Crippen LogP contribution in [0.25, 0.3) is 0 Å². The van der Waals surface area contributed by atoms with Crippen LogP contribution in [0.2, 0.25) is 0 Å². The van der Waals surface area contributed by atoms with Gasteiger partial charge in [0.15, 0.2) is 0 Å². The smallest absolute Gasteiger partial charge is 0.132 e. The minimum absolute atomic E-state index is 0.0204. The van der Waals surface area contributed by atoms with Crippen molar-refractivity contribution in [3.63, 3.8) is 0 Å². The minimum atomic E-state index is -0.713. The highest BCUT2D eigenvalue weighted by molar-refractivity contribution is 14.1. The van der Waals surface area contributed by atoms with E-state index in [2.05, 4.69) is 27.9 Å². The minimum Gasteiger partial charge on any atom is -0.381 e. The van der Waals surface area contributed by atoms with Gasteiger partial charge in [0, 0.05) is 21.4 Å². The zero-order valence-corrected chi connectivity index (χ0v) is 11.9. The number of nitriles is 1. The maximum absolute atomic E-state index is 13.6. The molecule has 0 amide bonds. The fourth-order valence-corrected chi connectivity index (χ4v) is 1.95. The molecule has 2 aromatic carbocycles. The summed E-state index contributed by atoms with van der Waals surface area (Å²) < 4.78 is 28.3. The molecular weight excluding hydrogens is 361 g/mol. The molecule has 1 N–H and O–H groups in total. The van der Waals surface area contributed by atoms with Crippen LogP contribution in [0, 0.1) is 26.5 Å². The largest absolute Gasteiger partial charge is 0.381 e. The van der Waals surface area contributed by atoms with Crippen LogP contribution >= 0.6 is 22.6 Å². The Kier molecular flexibility index (Phi) is 4.32. The molecule has 0 saturated heterocycles. The molecular formula is C14H9F2IN2. The lowest BCUT2D eigenvalue weighted by Crippen LogP contribution is -2.05. The molecule has 19 heavy (non-hydrogen) atoms. The fourth-order valence-electron chi connectivity index (χ4n) is 1.59. The molecule has 5 heteroatoms. The molecule has 0 spiro atoms. The van der Waals surface area contributed by atoms with Gasteiger partial charge in [0.2, 0.25) is 0 Å². The van der Waals surface area contributed by atoms with Crippen LogP contribution in [-0.4, -0.2) is 0 Å². The van der Waals surface area contributed by atoms with Crippen LogP contribution in [0.3, 0.4) is 0 Å². The van der Waals surface area contributed by atoms with Gasteiger partial charge in [0.05, 0.1) is 11.6 Å². The third-order valence-corrected chi connectivity index (χ3v) is 3.30. The molecule has 0 aliphatic heterocycles. The summed E-state index contributed by atoms with van der Waals surface area (Å²) in [6, 6.07) is 11.2. The number of hydrogen-bond acceptors (Lipinski definition) is 2. The fraction of sp³-hybridized carbons (Fsp3) is 0.0714. The first-order valence-electron chi connectivity index (χ1n) is 5.47. The molecule has 2 aromatic rings. The van der Waals surface area contributed by atoms with E-state index < -0.39 is 11.6 Å². The Hall–Kier alpha value is -1.68. The summed E-state index contributed by atoms with van der Waals surface area (Å²) in [4.78, 5) is 0. The van der Waals surface area contributed by atoms with E-state index in [4.69, 9.17) is 5.26 Å². The van der Waals surface area contributed by atoms with Crippen LogP contribution in [0.15, 0.2) is 36.4 Å². The van der Waals surface area contributed by atoms with Crippen molar-refractivity contribution < 1.29 is 8.78 Å². The highest BCUT2D eigenvalue weighted by Crippen LogP contribution is 2.18. The van der Waals surface area contributed by atoms with E-state index in [1.54, 1.807) is 6.07 Å². The number of nitrogens with one attached hydrogen (secondary N) is 1. The summed E-state index contributed by atoms with van der Waals surface area (Å²) >= 11 is 2.18. The average Bonchev–Trinajstić information content (AvgIpc) is 2.39. The maximum atomic E-state index is 13.6. The molecule has 0 atom stereocenters. The first-order chi connectivity index (χ1) is 9.10. The highest BCUT2D eigenvalue weighted by Gasteiger charge is 2.10. The Bertz CT molecular complexity index is 610. The number of anilines is 1. The zero-order chi connectivity index (χ0) is 13.8. The molecule has 0 aromatic heterocycles. The van der Waals surface area contributed by atoms with Gasteiger partial charge in [-0.2, -0.15) is 5.26 Å². The van der Waals surface area contributed by atoms with Crippen molar-refractivity contribution in [2.45, 2.75) is 6.54 Å². The van der Waals surface area contributed by atoms with Gasteiger partial charge in [-0.05, 0) is 59.0 Å². The van der Waals surface area contributed by atoms with Crippen LogP contribution in [0.5, 0.6) is 0 Å². The Morgan fingerprint density at radius 2 is 1.68 bits per heavy atom. The van der Waals surface area contributed by atoms with Gasteiger partial charge < -0.3 is 5.32 Å². The average molecular weight is 370 g/mol. The first kappa shape index (κ1) is 13.7. The zero-order valence-electron chi connectivity index (χ0n) is 9.75. The second-order valence-corrected chi connectivity index (χ2v) is 5.14. The van der Waals surface area contributed by atoms with Gasteiger partial charge in [0.1, 0.15) is 11.6 Å². The molecule has 2 rings (SSSR count). The SMILES string of the molecule is N#Cc1cc(F)c(CNc2ccc(I)cc2)c(F)c1. The molecule has 0 aliphatic rings. The molecule has 0 unspecified atom stereocenters. The number of benzene rings is 2. The van der Waals surface area contributed by atoms with E-state index >= 15 is 0 Å². The number of hydrogen-bond donors (Lipinski definition) is 1. The third-order valence-electron chi connectivity index (χ3n) is 2.58. The standard InChI is InChI=1S/C14H9F2IN2/c15-13-5-9(7-18)6-14(16)12(13)8-19-11-3-1-10(17)2-4-11/h1-6,19H,8H2. The van der Waals surface area contributed by atoms with Crippen molar-refractivity contribution in [1.29, 1.82) is 5.26 Å². The van der Waals surface area contributed by atoms with Gasteiger partial charge in [0.25, 0.3) is 0 Å². The highest BCUT2D eigenvalue weighted by atomic mass is 127. The molecule has 0 saturated carbocycles. The molecule has 2 nitrogen and oxygen atoms in total. The Balaban J connectivity index is 2.16. The monoisotopic (exact) mass is 370 g/mol. The summed E-state index contributed by atoms with van der Waals surface area (Å²) in [5.74, 6) is -1.43. The summed E-state index contributed by atoms with van der Waals surface area (Å²) in [7, 11) is 0. The van der Waals surface area contributed by atoms with Gasteiger partial charge in [-0.15, -0.1) is 0 Å². The third kappa shape index (κ3) is 3.41. The maximum Gasteiger partial charge on any atom is 0.132 e. The van der Waals surface area contributed by atoms with Crippen molar-refractivity contribution in [3.05, 3.63) is 62.7 Å². The van der Waals surface area contributed by atoms with Crippen LogP contribution in [0.1, 0.15) is 11.1 Å². The van der Waals surface area contributed by atoms with Gasteiger partial charge in [-0.3, -0.25) is 0 Å². The van der Waals surface area contributed by atoms with E-state index in [-0.39, 0.29) is 17.7 Å². The van der Waals surface area contributed by atoms with Gasteiger partial charge in [-0.25, -0.2) is 8.78 Å². The second kappa shape index (κ2) is 5.97. The second-order valence-electron chi connectivity index (χ2n) is 3.89. The number of nitrogens with zero attached hydrogens (tertiary/aromatic N) is 1. The lowest BCUT2D eigenvalue weighted by atomic mass is 10.1. The summed E-state index contributed by atoms with van der Waals surface area (Å²) in [5.41, 5.74) is 0.689. The number of halogens is 3. The molecule has 0 bridgehead atoms. The lowest BCUT2D eigenvalue weighted by molar-refractivity contribution is 0.559. The van der Waals surface area contributed by atoms with E-state index in [1.165, 1.54) is 0 Å². The Labute approximate surface area is 123 Å². The van der Waals surface area contributed by atoms with Crippen molar-refractivity contribution in [2.75, 3.05) is 5.32 Å². The molecule has 0 aliphatic carbocycles. The quantitative estimate of drug-likeness (QED) is 0.828. The molecule has 0 fully saturated rings. The van der Waals surface area contributed by atoms with Crippen molar-refractivity contribution in [2.24, 2.45) is 0 Å². The number of rotatable bonds is 3. The van der Waals surface area contributed by atoms with Crippen LogP contribution in [0.4, 0.5) is 14.5 Å². The predicted molar refractivity (Wildman–Crippen MR) is 77.6 cm³/mol. The summed E-state index contributed by atoms with van der Waals surface area (Å²) in [5, 5.41) is 11.6. The topological polar surface area (TPSA) is 35.8 Å². The summed E-state index contributed by atoms with van der Waals surface area (Å²) in [6.45, 7) is 0.0317. The normalized spacial score (nSPS) is 10.0. The van der Waals surface area contributed by atoms with Crippen molar-refractivity contribution in [3.8, 4) is 6.07 Å². The lowest BCUT2D eigenvalue weighted by Gasteiger charge is -2.09. The first-order valence-corrected chi connectivity index (χ1v) is 6.55. The van der Waals surface area contributed by atoms with Crippen molar-refractivity contribution >= 4 is 28.3 Å². The molecule has 96 valence electrons. The predicted octanol–water partition coefficient (Wildman–Crippen LogP) is 4.05. The summed E-state index contributed by atoms with van der Waals surface area (Å²) in [6.07, 6.45) is 0. The Morgan fingerprint density at radius 1 is 1.11 bits per heavy atom. The van der Waals surface area contributed by atoms with E-state index in [0.29, 0.717) is 0 Å².